The topological polar surface area (TPSA) is 69.0 Å². The molecule has 158 valence electrons. The van der Waals surface area contributed by atoms with Gasteiger partial charge in [0.15, 0.2) is 5.78 Å². The first-order valence-corrected chi connectivity index (χ1v) is 11.4. The van der Waals surface area contributed by atoms with Crippen molar-refractivity contribution in [3.63, 3.8) is 0 Å². The van der Waals surface area contributed by atoms with Crippen LogP contribution in [0.5, 0.6) is 11.5 Å². The molecule has 32 heavy (non-hydrogen) atoms. The predicted octanol–water partition coefficient (Wildman–Crippen LogP) is 5.55. The Kier molecular flexibility index (Phi) is 4.61. The molecule has 4 aromatic rings. The Morgan fingerprint density at radius 3 is 2.72 bits per heavy atom. The predicted molar refractivity (Wildman–Crippen MR) is 123 cm³/mol. The van der Waals surface area contributed by atoms with Gasteiger partial charge in [0, 0.05) is 28.5 Å². The minimum atomic E-state index is -0.333. The molecule has 2 aliphatic rings. The van der Waals surface area contributed by atoms with Crippen LogP contribution in [0, 0.1) is 0 Å². The number of rotatable bonds is 4. The summed E-state index contributed by atoms with van der Waals surface area (Å²) in [6.07, 6.45) is 2.81. The zero-order valence-corrected chi connectivity index (χ0v) is 18.0. The van der Waals surface area contributed by atoms with Crippen LogP contribution in [0.4, 0.5) is 5.95 Å². The third-order valence-electron chi connectivity index (χ3n) is 5.96. The summed E-state index contributed by atoms with van der Waals surface area (Å²) < 4.78 is 7.84. The molecule has 0 spiro atoms. The summed E-state index contributed by atoms with van der Waals surface area (Å²) >= 11 is 1.71. The Bertz CT molecular complexity index is 1310. The van der Waals surface area contributed by atoms with Crippen molar-refractivity contribution >= 4 is 23.1 Å². The van der Waals surface area contributed by atoms with Crippen LogP contribution in [0.15, 0.2) is 89.7 Å². The second-order valence-electron chi connectivity index (χ2n) is 7.98. The average molecular weight is 441 g/mol. The summed E-state index contributed by atoms with van der Waals surface area (Å²) in [6, 6.07) is 21.4. The zero-order chi connectivity index (χ0) is 21.5. The summed E-state index contributed by atoms with van der Waals surface area (Å²) in [6.45, 7) is 0. The van der Waals surface area contributed by atoms with E-state index in [0.29, 0.717) is 12.4 Å². The van der Waals surface area contributed by atoms with Crippen molar-refractivity contribution in [2.24, 2.45) is 0 Å². The lowest BCUT2D eigenvalue weighted by molar-refractivity contribution is -0.116. The van der Waals surface area contributed by atoms with Gasteiger partial charge in [-0.2, -0.15) is 10.1 Å². The molecular weight excluding hydrogens is 420 g/mol. The maximum atomic E-state index is 13.4. The Morgan fingerprint density at radius 1 is 1.00 bits per heavy atom. The summed E-state index contributed by atoms with van der Waals surface area (Å²) in [7, 11) is 0. The lowest BCUT2D eigenvalue weighted by Crippen LogP contribution is -2.33. The molecule has 1 aliphatic carbocycles. The molecule has 2 atom stereocenters. The molecule has 0 radical (unpaired) electrons. The van der Waals surface area contributed by atoms with Gasteiger partial charge in [-0.15, -0.1) is 11.3 Å². The first-order valence-electron chi connectivity index (χ1n) is 10.6. The monoisotopic (exact) mass is 440 g/mol. The molecule has 7 heteroatoms. The standard InChI is InChI=1S/C25H20N4O2S/c30-21-14-17(22-10-5-11-32-22)13-20-23(21)24(29-25(28-20)26-15-27-29)16-6-4-9-19(12-16)31-18-7-2-1-3-8-18/h1-12,15,17,24H,13-14H2,(H,26,27,28)/t17-,24-/m0/s1. The van der Waals surface area contributed by atoms with E-state index in [1.54, 1.807) is 16.0 Å². The molecule has 0 bridgehead atoms. The number of ketones is 1. The van der Waals surface area contributed by atoms with Gasteiger partial charge in [-0.25, -0.2) is 4.68 Å². The third kappa shape index (κ3) is 3.31. The number of ether oxygens (including phenoxy) is 1. The minimum Gasteiger partial charge on any atom is -0.457 e. The van der Waals surface area contributed by atoms with Crippen LogP contribution in [-0.4, -0.2) is 20.5 Å². The van der Waals surface area contributed by atoms with Crippen LogP contribution in [0.3, 0.4) is 0 Å². The van der Waals surface area contributed by atoms with E-state index in [4.69, 9.17) is 4.74 Å². The fourth-order valence-electron chi connectivity index (χ4n) is 4.56. The zero-order valence-electron chi connectivity index (χ0n) is 17.1. The van der Waals surface area contributed by atoms with Crippen molar-refractivity contribution in [2.45, 2.75) is 24.8 Å². The number of aromatic nitrogens is 3. The van der Waals surface area contributed by atoms with E-state index in [1.807, 2.05) is 60.7 Å². The number of hydrogen-bond acceptors (Lipinski definition) is 6. The average Bonchev–Trinajstić information content (AvgIpc) is 3.51. The maximum absolute atomic E-state index is 13.4. The van der Waals surface area contributed by atoms with Crippen molar-refractivity contribution in [3.8, 4) is 11.5 Å². The molecular formula is C25H20N4O2S. The number of allylic oxidation sites excluding steroid dienone is 2. The number of carbonyl (C=O) groups is 1. The fraction of sp³-hybridized carbons (Fsp3) is 0.160. The minimum absolute atomic E-state index is 0.151. The summed E-state index contributed by atoms with van der Waals surface area (Å²) in [5, 5.41) is 9.88. The lowest BCUT2D eigenvalue weighted by atomic mass is 9.80. The number of anilines is 1. The number of para-hydroxylation sites is 1. The Morgan fingerprint density at radius 2 is 1.88 bits per heavy atom. The van der Waals surface area contributed by atoms with Crippen molar-refractivity contribution in [1.82, 2.24) is 14.8 Å². The molecule has 2 aromatic carbocycles. The van der Waals surface area contributed by atoms with Crippen LogP contribution in [-0.2, 0) is 4.79 Å². The number of nitrogens with zero attached hydrogens (tertiary/aromatic N) is 3. The van der Waals surface area contributed by atoms with Crippen LogP contribution < -0.4 is 10.1 Å². The van der Waals surface area contributed by atoms with Gasteiger partial charge in [0.05, 0.1) is 0 Å². The summed E-state index contributed by atoms with van der Waals surface area (Å²) in [5.41, 5.74) is 2.66. The molecule has 2 aromatic heterocycles. The highest BCUT2D eigenvalue weighted by Crippen LogP contribution is 2.45. The Labute approximate surface area is 189 Å². The van der Waals surface area contributed by atoms with Crippen LogP contribution in [0.1, 0.15) is 35.2 Å². The van der Waals surface area contributed by atoms with E-state index in [1.165, 1.54) is 11.2 Å². The van der Waals surface area contributed by atoms with E-state index >= 15 is 0 Å². The first-order chi connectivity index (χ1) is 15.8. The molecule has 6 rings (SSSR count). The number of carbonyl (C=O) groups excluding carboxylic acids is 1. The van der Waals surface area contributed by atoms with E-state index in [0.717, 1.165) is 34.8 Å². The normalized spacial score (nSPS) is 19.8. The van der Waals surface area contributed by atoms with Gasteiger partial charge in [-0.1, -0.05) is 36.4 Å². The van der Waals surface area contributed by atoms with Crippen LogP contribution in [0.25, 0.3) is 0 Å². The largest absolute Gasteiger partial charge is 0.457 e. The quantitative estimate of drug-likeness (QED) is 0.451. The smallest absolute Gasteiger partial charge is 0.226 e. The first kappa shape index (κ1) is 19.0. The molecule has 3 heterocycles. The lowest BCUT2D eigenvalue weighted by Gasteiger charge is -2.34. The molecule has 0 fully saturated rings. The van der Waals surface area contributed by atoms with Gasteiger partial charge in [0.2, 0.25) is 5.95 Å². The van der Waals surface area contributed by atoms with E-state index < -0.39 is 0 Å². The van der Waals surface area contributed by atoms with Gasteiger partial charge in [0.25, 0.3) is 0 Å². The highest BCUT2D eigenvalue weighted by Gasteiger charge is 2.39. The van der Waals surface area contributed by atoms with Gasteiger partial charge in [-0.05, 0) is 47.7 Å². The number of benzene rings is 2. The van der Waals surface area contributed by atoms with Gasteiger partial charge in [0.1, 0.15) is 23.9 Å². The second kappa shape index (κ2) is 7.76. The van der Waals surface area contributed by atoms with Crippen molar-refractivity contribution in [3.05, 3.63) is 100 Å². The number of thiophene rings is 1. The molecule has 6 nitrogen and oxygen atoms in total. The Balaban J connectivity index is 1.40. The molecule has 1 N–H and O–H groups in total. The summed E-state index contributed by atoms with van der Waals surface area (Å²) in [4.78, 5) is 19.1. The van der Waals surface area contributed by atoms with Gasteiger partial charge in [-0.3, -0.25) is 4.79 Å². The number of hydrogen-bond donors (Lipinski definition) is 1. The van der Waals surface area contributed by atoms with E-state index in [2.05, 4.69) is 26.8 Å². The SMILES string of the molecule is O=C1C[C@@H](c2cccs2)CC2=C1[C@H](c1cccc(Oc3ccccc3)c1)n1ncnc1N2. The molecule has 0 saturated carbocycles. The van der Waals surface area contributed by atoms with Crippen molar-refractivity contribution < 1.29 is 9.53 Å². The fourth-order valence-corrected chi connectivity index (χ4v) is 5.39. The molecule has 0 amide bonds. The summed E-state index contributed by atoms with van der Waals surface area (Å²) in [5.74, 6) is 2.48. The molecule has 0 unspecified atom stereocenters. The number of nitrogens with one attached hydrogen (secondary N) is 1. The van der Waals surface area contributed by atoms with Crippen molar-refractivity contribution in [1.29, 1.82) is 0 Å². The highest BCUT2D eigenvalue weighted by atomic mass is 32.1. The van der Waals surface area contributed by atoms with Crippen LogP contribution in [0.2, 0.25) is 0 Å². The van der Waals surface area contributed by atoms with E-state index in [-0.39, 0.29) is 17.7 Å². The maximum Gasteiger partial charge on any atom is 0.226 e. The molecule has 1 aliphatic heterocycles. The third-order valence-corrected chi connectivity index (χ3v) is 6.99. The molecule has 0 saturated heterocycles. The number of fused-ring (bicyclic) bond motifs is 1. The van der Waals surface area contributed by atoms with Gasteiger partial charge >= 0.3 is 0 Å². The number of Topliss-reactive ketones (excluding diaryl/α,β-unsaturated/α-hetero) is 1. The van der Waals surface area contributed by atoms with E-state index in [9.17, 15) is 4.79 Å². The highest BCUT2D eigenvalue weighted by molar-refractivity contribution is 7.10. The van der Waals surface area contributed by atoms with Crippen molar-refractivity contribution in [2.75, 3.05) is 5.32 Å². The second-order valence-corrected chi connectivity index (χ2v) is 8.96. The Hall–Kier alpha value is -3.71. The van der Waals surface area contributed by atoms with Crippen LogP contribution >= 0.6 is 11.3 Å². The van der Waals surface area contributed by atoms with Gasteiger partial charge < -0.3 is 10.1 Å².